The topological polar surface area (TPSA) is 125 Å². The summed E-state index contributed by atoms with van der Waals surface area (Å²) in [4.78, 5) is 4.38. The number of sulfonamides is 1. The monoisotopic (exact) mass is 629 g/mol. The Morgan fingerprint density at radius 1 is 0.955 bits per heavy atom. The van der Waals surface area contributed by atoms with Gasteiger partial charge in [-0.25, -0.2) is 8.42 Å². The first kappa shape index (κ1) is 30.0. The summed E-state index contributed by atoms with van der Waals surface area (Å²) in [5.74, 6) is 0.418. The third-order valence-corrected chi connectivity index (χ3v) is 10.1. The van der Waals surface area contributed by atoms with Crippen molar-refractivity contribution >= 4 is 38.4 Å². The molecule has 226 valence electrons. The van der Waals surface area contributed by atoms with Crippen LogP contribution >= 0.6 is 11.8 Å². The highest BCUT2D eigenvalue weighted by Gasteiger charge is 2.39. The van der Waals surface area contributed by atoms with Gasteiger partial charge in [-0.1, -0.05) is 73.3 Å². The molecule has 0 radical (unpaired) electrons. The summed E-state index contributed by atoms with van der Waals surface area (Å²) >= 11 is 1.41. The second kappa shape index (κ2) is 12.9. The van der Waals surface area contributed by atoms with E-state index in [2.05, 4.69) is 9.71 Å². The molecule has 9 nitrogen and oxygen atoms in total. The lowest BCUT2D eigenvalue weighted by Gasteiger charge is -2.41. The first-order chi connectivity index (χ1) is 21.3. The lowest BCUT2D eigenvalue weighted by Crippen LogP contribution is -2.39. The molecule has 1 aliphatic heterocycles. The zero-order valence-corrected chi connectivity index (χ0v) is 25.4. The predicted molar refractivity (Wildman–Crippen MR) is 168 cm³/mol. The first-order valence-electron chi connectivity index (χ1n) is 14.1. The fourth-order valence-corrected chi connectivity index (χ4v) is 7.56. The van der Waals surface area contributed by atoms with Gasteiger partial charge in [-0.05, 0) is 41.5 Å². The van der Waals surface area contributed by atoms with E-state index in [0.717, 1.165) is 21.2 Å². The standard InChI is InChI=1S/C33H31N3O6S2/c1-22-28(21-43-30-12-2-3-18-36(30)38)41-33(42-32(22)25-15-13-23(20-37)14-16-25)26-8-4-10-27(19-26)35-44(39,40)29-11-5-7-24-9-6-17-34-31(24)29/h2-19,22,28,32-33,35,37H,20-21H2,1H3/t22-,28+,32+,33?/m0/s1. The number of benzene rings is 3. The van der Waals surface area contributed by atoms with Crippen LogP contribution in [0.5, 0.6) is 0 Å². The van der Waals surface area contributed by atoms with Crippen molar-refractivity contribution in [3.63, 3.8) is 0 Å². The molecule has 2 aromatic heterocycles. The molecule has 1 unspecified atom stereocenters. The van der Waals surface area contributed by atoms with Gasteiger partial charge in [-0.3, -0.25) is 9.71 Å². The first-order valence-corrected chi connectivity index (χ1v) is 16.6. The largest absolute Gasteiger partial charge is 0.618 e. The molecule has 0 spiro atoms. The number of ether oxygens (including phenoxy) is 2. The van der Waals surface area contributed by atoms with E-state index >= 15 is 0 Å². The van der Waals surface area contributed by atoms with Crippen molar-refractivity contribution in [1.82, 2.24) is 4.98 Å². The van der Waals surface area contributed by atoms with Crippen molar-refractivity contribution in [2.45, 2.75) is 42.0 Å². The Labute approximate surface area is 260 Å². The van der Waals surface area contributed by atoms with Crippen LogP contribution in [0.15, 0.2) is 119 Å². The Hall–Kier alpha value is -4.00. The van der Waals surface area contributed by atoms with Crippen molar-refractivity contribution < 1.29 is 27.7 Å². The Bertz CT molecular complexity index is 1860. The maximum absolute atomic E-state index is 13.5. The molecular weight excluding hydrogens is 599 g/mol. The van der Waals surface area contributed by atoms with E-state index in [4.69, 9.17) is 9.47 Å². The number of aliphatic hydroxyl groups excluding tert-OH is 1. The molecule has 1 fully saturated rings. The highest BCUT2D eigenvalue weighted by Crippen LogP contribution is 2.43. The number of hydrogen-bond donors (Lipinski definition) is 2. The zero-order chi connectivity index (χ0) is 30.7. The van der Waals surface area contributed by atoms with Crippen molar-refractivity contribution in [2.75, 3.05) is 10.5 Å². The number of nitrogens with one attached hydrogen (secondary N) is 1. The summed E-state index contributed by atoms with van der Waals surface area (Å²) in [6, 6.07) is 28.4. The maximum atomic E-state index is 13.5. The van der Waals surface area contributed by atoms with Gasteiger partial charge in [0.2, 0.25) is 0 Å². The van der Waals surface area contributed by atoms with Crippen LogP contribution in [0.3, 0.4) is 0 Å². The van der Waals surface area contributed by atoms with E-state index < -0.39 is 16.3 Å². The van der Waals surface area contributed by atoms with Crippen LogP contribution in [-0.2, 0) is 26.1 Å². The molecule has 3 aromatic carbocycles. The molecule has 1 saturated heterocycles. The molecule has 2 N–H and O–H groups in total. The van der Waals surface area contributed by atoms with Gasteiger partial charge < -0.3 is 19.8 Å². The second-order valence-corrected chi connectivity index (χ2v) is 13.3. The van der Waals surface area contributed by atoms with E-state index in [0.29, 0.717) is 27.5 Å². The Morgan fingerprint density at radius 3 is 2.55 bits per heavy atom. The van der Waals surface area contributed by atoms with Crippen LogP contribution in [0, 0.1) is 11.1 Å². The minimum atomic E-state index is -3.96. The molecule has 0 amide bonds. The van der Waals surface area contributed by atoms with Gasteiger partial charge in [0.25, 0.3) is 15.0 Å². The highest BCUT2D eigenvalue weighted by molar-refractivity contribution is 7.99. The number of pyridine rings is 2. The second-order valence-electron chi connectivity index (χ2n) is 10.6. The number of thioether (sulfide) groups is 1. The minimum Gasteiger partial charge on any atom is -0.618 e. The number of para-hydroxylation sites is 1. The summed E-state index contributed by atoms with van der Waals surface area (Å²) in [5, 5.41) is 23.1. The normalized spacial score (nSPS) is 20.4. The van der Waals surface area contributed by atoms with Crippen LogP contribution in [0.1, 0.15) is 36.0 Å². The van der Waals surface area contributed by atoms with Gasteiger partial charge in [0.05, 0.1) is 24.3 Å². The van der Waals surface area contributed by atoms with E-state index in [1.165, 1.54) is 24.0 Å². The van der Waals surface area contributed by atoms with E-state index in [1.54, 1.807) is 48.7 Å². The van der Waals surface area contributed by atoms with Gasteiger partial charge in [-0.2, -0.15) is 4.73 Å². The van der Waals surface area contributed by atoms with Gasteiger partial charge in [0, 0.05) is 46.6 Å². The minimum absolute atomic E-state index is 0.0594. The van der Waals surface area contributed by atoms with Crippen LogP contribution in [-0.4, -0.2) is 30.4 Å². The van der Waals surface area contributed by atoms with E-state index in [1.807, 2.05) is 55.5 Å². The number of nitrogens with zero attached hydrogens (tertiary/aromatic N) is 2. The van der Waals surface area contributed by atoms with Gasteiger partial charge in [0.15, 0.2) is 12.5 Å². The number of aliphatic hydroxyl groups is 1. The molecule has 3 heterocycles. The molecule has 4 atom stereocenters. The van der Waals surface area contributed by atoms with Crippen LogP contribution in [0.2, 0.25) is 0 Å². The summed E-state index contributed by atoms with van der Waals surface area (Å²) in [7, 11) is -3.96. The highest BCUT2D eigenvalue weighted by atomic mass is 32.2. The zero-order valence-electron chi connectivity index (χ0n) is 23.8. The SMILES string of the molecule is C[C@H]1[C@@H](CSc2cccc[n+]2[O-])OC(c2cccc(NS(=O)(=O)c3cccc4cccnc34)c2)O[C@H]1c1ccc(CO)cc1. The van der Waals surface area contributed by atoms with E-state index in [9.17, 15) is 18.7 Å². The Kier molecular flexibility index (Phi) is 8.83. The third kappa shape index (κ3) is 6.42. The van der Waals surface area contributed by atoms with Crippen molar-refractivity contribution in [3.8, 4) is 0 Å². The summed E-state index contributed by atoms with van der Waals surface area (Å²) in [6.45, 7) is 1.99. The van der Waals surface area contributed by atoms with E-state index in [-0.39, 0.29) is 29.6 Å². The van der Waals surface area contributed by atoms with Gasteiger partial charge in [-0.15, -0.1) is 0 Å². The smallest absolute Gasteiger partial charge is 0.264 e. The summed E-state index contributed by atoms with van der Waals surface area (Å²) < 4.78 is 43.5. The third-order valence-electron chi connectivity index (χ3n) is 7.60. The predicted octanol–water partition coefficient (Wildman–Crippen LogP) is 5.75. The Morgan fingerprint density at radius 2 is 1.75 bits per heavy atom. The molecular formula is C33H31N3O6S2. The molecule has 0 aliphatic carbocycles. The van der Waals surface area contributed by atoms with Crippen molar-refractivity contribution in [2.24, 2.45) is 5.92 Å². The summed E-state index contributed by atoms with van der Waals surface area (Å²) in [6.07, 6.45) is 1.56. The molecule has 6 rings (SSSR count). The Balaban J connectivity index is 1.28. The fourth-order valence-electron chi connectivity index (χ4n) is 5.25. The lowest BCUT2D eigenvalue weighted by atomic mass is 9.91. The lowest BCUT2D eigenvalue weighted by molar-refractivity contribution is -0.645. The molecule has 11 heteroatoms. The molecule has 44 heavy (non-hydrogen) atoms. The number of anilines is 1. The van der Waals surface area contributed by atoms with Crippen LogP contribution in [0.4, 0.5) is 5.69 Å². The molecule has 0 saturated carbocycles. The van der Waals surface area contributed by atoms with Crippen molar-refractivity contribution in [1.29, 1.82) is 0 Å². The molecule has 5 aromatic rings. The van der Waals surface area contributed by atoms with Gasteiger partial charge >= 0.3 is 0 Å². The fraction of sp³-hybridized carbons (Fsp3) is 0.212. The number of hydrogen-bond acceptors (Lipinski definition) is 8. The van der Waals surface area contributed by atoms with Crippen LogP contribution in [0.25, 0.3) is 10.9 Å². The quantitative estimate of drug-likeness (QED) is 0.120. The van der Waals surface area contributed by atoms with Crippen molar-refractivity contribution in [3.05, 3.63) is 131 Å². The van der Waals surface area contributed by atoms with Gasteiger partial charge in [0.1, 0.15) is 4.90 Å². The number of aromatic nitrogens is 2. The number of rotatable bonds is 9. The average molecular weight is 630 g/mol. The molecule has 0 bridgehead atoms. The average Bonchev–Trinajstić information content (AvgIpc) is 3.04. The molecule has 1 aliphatic rings. The number of fused-ring (bicyclic) bond motifs is 1. The summed E-state index contributed by atoms with van der Waals surface area (Å²) in [5.41, 5.74) is 3.10. The van der Waals surface area contributed by atoms with Crippen LogP contribution < -0.4 is 9.45 Å². The maximum Gasteiger partial charge on any atom is 0.264 e.